The van der Waals surface area contributed by atoms with Crippen LogP contribution in [-0.2, 0) is 32.7 Å². The van der Waals surface area contributed by atoms with Gasteiger partial charge in [-0.3, -0.25) is 18.6 Å². The number of phosphoric acid groups is 1. The van der Waals surface area contributed by atoms with Crippen LogP contribution < -0.4 is 0 Å². The number of quaternary nitrogens is 1. The van der Waals surface area contributed by atoms with Gasteiger partial charge in [-0.25, -0.2) is 4.57 Å². The predicted octanol–water partition coefficient (Wildman–Crippen LogP) is 24.7. The Labute approximate surface area is 566 Å². The second-order valence-corrected chi connectivity index (χ2v) is 27.0. The highest BCUT2D eigenvalue weighted by molar-refractivity contribution is 7.47. The maximum atomic E-state index is 12.9. The summed E-state index contributed by atoms with van der Waals surface area (Å²) >= 11 is 0. The minimum Gasteiger partial charge on any atom is -0.462 e. The first-order valence-corrected chi connectivity index (χ1v) is 38.7. The Bertz CT molecular complexity index is 2110. The molecule has 0 spiro atoms. The molecule has 0 aliphatic carbocycles. The highest BCUT2D eigenvalue weighted by Gasteiger charge is 2.27. The Morgan fingerprint density at radius 2 is 0.587 bits per heavy atom. The largest absolute Gasteiger partial charge is 0.472 e. The number of nitrogens with zero attached hydrogens (tertiary/aromatic N) is 1. The van der Waals surface area contributed by atoms with Crippen LogP contribution in [0.2, 0.25) is 0 Å². The third-order valence-corrected chi connectivity index (χ3v) is 16.5. The molecule has 92 heavy (non-hydrogen) atoms. The molecule has 1 N–H and O–H groups in total. The second-order valence-electron chi connectivity index (χ2n) is 25.6. The van der Waals surface area contributed by atoms with E-state index in [0.29, 0.717) is 17.4 Å². The van der Waals surface area contributed by atoms with Crippen LogP contribution in [0.25, 0.3) is 0 Å². The van der Waals surface area contributed by atoms with Gasteiger partial charge >= 0.3 is 19.8 Å². The number of rotatable bonds is 67. The molecule has 524 valence electrons. The van der Waals surface area contributed by atoms with Gasteiger partial charge in [0, 0.05) is 12.8 Å². The van der Waals surface area contributed by atoms with Gasteiger partial charge in [-0.05, 0) is 122 Å². The Kier molecular flexibility index (Phi) is 67.6. The number of likely N-dealkylation sites (N-methyl/N-ethyl adjacent to an activating group) is 1. The Morgan fingerprint density at radius 1 is 0.337 bits per heavy atom. The molecule has 0 aromatic heterocycles. The SMILES string of the molecule is CC/C=C\C/C=C\C/C=C\C/C=C\C/C=C\C/C=C\C/C=C\C/C=C\C/C=C\CCCCCCCCCCCCCC(=O)OC(COC(=O)CCCCCCCCCCCCCCCCCC/C=C\C/C=C\C/C=C\C/C=C\CC)COP(=O)(O)OCC[N+](C)(C)C. The molecule has 0 aromatic rings. The first kappa shape index (κ1) is 87.6. The van der Waals surface area contributed by atoms with Crippen molar-refractivity contribution in [1.29, 1.82) is 0 Å². The number of allylic oxidation sites excluding steroid dienone is 26. The molecule has 0 fully saturated rings. The van der Waals surface area contributed by atoms with Gasteiger partial charge in [-0.2, -0.15) is 0 Å². The van der Waals surface area contributed by atoms with Crippen molar-refractivity contribution in [2.45, 2.75) is 302 Å². The standard InChI is InChI=1S/C82H138NO8P/c1-6-8-10-12-14-16-18-20-22-24-26-28-30-32-34-36-37-38-39-40-41-42-43-44-45-47-49-51-53-55-57-59-61-63-65-67-69-71-73-75-82(85)91-80(79-90-92(86,87)89-77-76-83(3,4)5)78-88-81(84)74-72-70-68-66-64-62-60-58-56-54-52-50-48-46-35-33-31-29-27-25-23-21-19-17-15-13-11-9-7-2/h8-11,14-17,20-23,26-29,32,34,37-38,40-41,43-44,47,49,80H,6-7,12-13,18-19,24-25,30-31,33,35-36,39,42,45-46,48,50-79H2,1-5H3/p+1/b10-8-,11-9-,16-14-,17-15-,22-20-,23-21-,28-26-,29-27-,34-32-,38-37-,41-40-,44-43-,49-47-. The number of carbonyl (C=O) groups excluding carboxylic acids is 2. The lowest BCUT2D eigenvalue weighted by Crippen LogP contribution is -2.37. The minimum atomic E-state index is -4.40. The molecule has 0 rings (SSSR count). The zero-order valence-electron chi connectivity index (χ0n) is 59.7. The fourth-order valence-electron chi connectivity index (χ4n) is 9.94. The fraction of sp³-hybridized carbons (Fsp3) is 0.659. The molecule has 9 nitrogen and oxygen atoms in total. The smallest absolute Gasteiger partial charge is 0.462 e. The molecule has 0 radical (unpaired) electrons. The number of hydrogen-bond donors (Lipinski definition) is 1. The minimum absolute atomic E-state index is 0.0252. The van der Waals surface area contributed by atoms with Crippen molar-refractivity contribution in [1.82, 2.24) is 0 Å². The highest BCUT2D eigenvalue weighted by Crippen LogP contribution is 2.43. The zero-order chi connectivity index (χ0) is 66.9. The molecule has 0 saturated carbocycles. The van der Waals surface area contributed by atoms with Crippen molar-refractivity contribution in [2.24, 2.45) is 0 Å². The number of phosphoric ester groups is 1. The fourth-order valence-corrected chi connectivity index (χ4v) is 10.7. The van der Waals surface area contributed by atoms with E-state index in [-0.39, 0.29) is 32.0 Å². The molecular formula is C82H139NO8P+. The summed E-state index contributed by atoms with van der Waals surface area (Å²) in [6, 6.07) is 0. The van der Waals surface area contributed by atoms with Gasteiger partial charge in [0.15, 0.2) is 6.10 Å². The van der Waals surface area contributed by atoms with Crippen LogP contribution >= 0.6 is 7.82 Å². The molecule has 0 amide bonds. The molecule has 10 heteroatoms. The quantitative estimate of drug-likeness (QED) is 0.0211. The van der Waals surface area contributed by atoms with Crippen molar-refractivity contribution in [2.75, 3.05) is 47.5 Å². The van der Waals surface area contributed by atoms with Crippen molar-refractivity contribution in [3.05, 3.63) is 158 Å². The van der Waals surface area contributed by atoms with Crippen LogP contribution in [0.5, 0.6) is 0 Å². The monoisotopic (exact) mass is 1300 g/mol. The molecular weight excluding hydrogens is 1160 g/mol. The van der Waals surface area contributed by atoms with E-state index in [2.05, 4.69) is 172 Å². The van der Waals surface area contributed by atoms with E-state index in [1.165, 1.54) is 135 Å². The van der Waals surface area contributed by atoms with Crippen LogP contribution in [0.3, 0.4) is 0 Å². The average molecular weight is 1300 g/mol. The molecule has 0 bridgehead atoms. The maximum Gasteiger partial charge on any atom is 0.472 e. The summed E-state index contributed by atoms with van der Waals surface area (Å²) in [6.45, 7) is 4.22. The highest BCUT2D eigenvalue weighted by atomic mass is 31.2. The van der Waals surface area contributed by atoms with E-state index in [1.807, 2.05) is 21.1 Å². The summed E-state index contributed by atoms with van der Waals surface area (Å²) in [4.78, 5) is 35.9. The summed E-state index contributed by atoms with van der Waals surface area (Å²) in [5, 5.41) is 0. The van der Waals surface area contributed by atoms with Gasteiger partial charge in [0.05, 0.1) is 27.7 Å². The lowest BCUT2D eigenvalue weighted by Gasteiger charge is -2.24. The maximum absolute atomic E-state index is 12.9. The van der Waals surface area contributed by atoms with E-state index >= 15 is 0 Å². The van der Waals surface area contributed by atoms with E-state index in [1.54, 1.807) is 0 Å². The van der Waals surface area contributed by atoms with Gasteiger partial charge in [-0.1, -0.05) is 320 Å². The predicted molar refractivity (Wildman–Crippen MR) is 399 cm³/mol. The van der Waals surface area contributed by atoms with Gasteiger partial charge in [0.1, 0.15) is 19.8 Å². The molecule has 2 unspecified atom stereocenters. The lowest BCUT2D eigenvalue weighted by molar-refractivity contribution is -0.870. The van der Waals surface area contributed by atoms with E-state index in [4.69, 9.17) is 18.5 Å². The summed E-state index contributed by atoms with van der Waals surface area (Å²) in [7, 11) is 1.47. The lowest BCUT2D eigenvalue weighted by atomic mass is 10.0. The van der Waals surface area contributed by atoms with E-state index < -0.39 is 26.5 Å². The van der Waals surface area contributed by atoms with Crippen molar-refractivity contribution < 1.29 is 42.1 Å². The molecule has 2 atom stereocenters. The number of ether oxygens (including phenoxy) is 2. The topological polar surface area (TPSA) is 108 Å². The van der Waals surface area contributed by atoms with Gasteiger partial charge in [0.25, 0.3) is 0 Å². The number of hydrogen-bond acceptors (Lipinski definition) is 7. The van der Waals surface area contributed by atoms with Crippen LogP contribution in [0.1, 0.15) is 296 Å². The summed E-state index contributed by atoms with van der Waals surface area (Å²) in [6.07, 6.45) is 106. The molecule has 0 aliphatic rings. The Balaban J connectivity index is 4.06. The summed E-state index contributed by atoms with van der Waals surface area (Å²) in [5.41, 5.74) is 0. The zero-order valence-corrected chi connectivity index (χ0v) is 60.6. The van der Waals surface area contributed by atoms with Gasteiger partial charge < -0.3 is 18.9 Å². The van der Waals surface area contributed by atoms with Crippen LogP contribution in [0.15, 0.2) is 158 Å². The summed E-state index contributed by atoms with van der Waals surface area (Å²) in [5.74, 6) is -0.801. The first-order chi connectivity index (χ1) is 45.0. The summed E-state index contributed by atoms with van der Waals surface area (Å²) < 4.78 is 34.8. The van der Waals surface area contributed by atoms with Crippen LogP contribution in [-0.4, -0.2) is 74.9 Å². The third kappa shape index (κ3) is 74.7. The first-order valence-electron chi connectivity index (χ1n) is 37.2. The molecule has 0 saturated heterocycles. The number of carbonyl (C=O) groups is 2. The van der Waals surface area contributed by atoms with Crippen LogP contribution in [0, 0.1) is 0 Å². The van der Waals surface area contributed by atoms with E-state index in [0.717, 1.165) is 128 Å². The third-order valence-electron chi connectivity index (χ3n) is 15.6. The second kappa shape index (κ2) is 70.9. The molecule has 0 heterocycles. The average Bonchev–Trinajstić information content (AvgIpc) is 2.14. The van der Waals surface area contributed by atoms with Crippen LogP contribution in [0.4, 0.5) is 0 Å². The van der Waals surface area contributed by atoms with Crippen molar-refractivity contribution in [3.8, 4) is 0 Å². The number of esters is 2. The van der Waals surface area contributed by atoms with Crippen molar-refractivity contribution >= 4 is 19.8 Å². The number of unbranched alkanes of at least 4 members (excludes halogenated alkanes) is 27. The molecule has 0 aromatic carbocycles. The van der Waals surface area contributed by atoms with Gasteiger partial charge in [0.2, 0.25) is 0 Å². The van der Waals surface area contributed by atoms with E-state index in [9.17, 15) is 19.0 Å². The van der Waals surface area contributed by atoms with Crippen molar-refractivity contribution in [3.63, 3.8) is 0 Å². The molecule has 0 aliphatic heterocycles. The van der Waals surface area contributed by atoms with Gasteiger partial charge in [-0.15, -0.1) is 0 Å². The Morgan fingerprint density at radius 3 is 0.870 bits per heavy atom. The normalized spacial score (nSPS) is 14.0. The Hall–Kier alpha value is -4.37.